The highest BCUT2D eigenvalue weighted by atomic mass is 16.2. The zero-order valence-electron chi connectivity index (χ0n) is 15.6. The number of aryl methyl sites for hydroxylation is 1. The maximum absolute atomic E-state index is 13.0. The van der Waals surface area contributed by atoms with Gasteiger partial charge < -0.3 is 14.4 Å². The van der Waals surface area contributed by atoms with Gasteiger partial charge in [0.05, 0.1) is 37.9 Å². The van der Waals surface area contributed by atoms with Crippen LogP contribution in [0.25, 0.3) is 0 Å². The Morgan fingerprint density at radius 3 is 2.84 bits per heavy atom. The van der Waals surface area contributed by atoms with Crippen molar-refractivity contribution in [3.8, 4) is 0 Å². The minimum Gasteiger partial charge on any atom is -0.344 e. The first-order valence-corrected chi connectivity index (χ1v) is 9.23. The number of unbranched alkanes of at least 4 members (excludes halogenated alkanes) is 1. The molecule has 0 aliphatic carbocycles. The van der Waals surface area contributed by atoms with E-state index in [1.165, 1.54) is 11.1 Å². The van der Waals surface area contributed by atoms with Gasteiger partial charge in [-0.05, 0) is 37.5 Å². The van der Waals surface area contributed by atoms with Crippen molar-refractivity contribution < 1.29 is 9.28 Å². The van der Waals surface area contributed by atoms with Gasteiger partial charge in [-0.2, -0.15) is 0 Å². The van der Waals surface area contributed by atoms with Crippen LogP contribution in [0.4, 0.5) is 5.69 Å². The number of carbonyl (C=O) groups is 1. The van der Waals surface area contributed by atoms with Crippen molar-refractivity contribution in [2.45, 2.75) is 40.2 Å². The molecule has 5 nitrogen and oxygen atoms in total. The number of carbonyl (C=O) groups excluding carboxylic acids is 1. The number of imidazole rings is 1. The van der Waals surface area contributed by atoms with E-state index in [1.54, 1.807) is 6.33 Å². The molecule has 0 saturated carbocycles. The quantitative estimate of drug-likeness (QED) is 0.820. The fourth-order valence-corrected chi connectivity index (χ4v) is 3.80. The number of H-pyrrole nitrogens is 1. The summed E-state index contributed by atoms with van der Waals surface area (Å²) in [7, 11) is 0. The van der Waals surface area contributed by atoms with Crippen molar-refractivity contribution in [3.05, 3.63) is 47.5 Å². The summed E-state index contributed by atoms with van der Waals surface area (Å²) in [5.41, 5.74) is 4.63. The van der Waals surface area contributed by atoms with Gasteiger partial charge in [-0.25, -0.2) is 4.98 Å². The molecule has 25 heavy (non-hydrogen) atoms. The SMILES string of the molecule is CCCC[N@+]1(Cc2cnc[nH]2)CCN(c2cccc(C)c2C)C(=O)C1. The van der Waals surface area contributed by atoms with Crippen LogP contribution in [0, 0.1) is 13.8 Å². The summed E-state index contributed by atoms with van der Waals surface area (Å²) < 4.78 is 0.830. The van der Waals surface area contributed by atoms with Gasteiger partial charge in [0.15, 0.2) is 6.54 Å². The molecule has 0 unspecified atom stereocenters. The summed E-state index contributed by atoms with van der Waals surface area (Å²) in [4.78, 5) is 22.4. The third-order valence-corrected chi connectivity index (χ3v) is 5.48. The molecular weight excluding hydrogens is 312 g/mol. The second-order valence-corrected chi connectivity index (χ2v) is 7.30. The lowest BCUT2D eigenvalue weighted by molar-refractivity contribution is -0.934. The molecule has 0 spiro atoms. The first kappa shape index (κ1) is 17.7. The Hall–Kier alpha value is -2.14. The van der Waals surface area contributed by atoms with Crippen molar-refractivity contribution in [1.82, 2.24) is 9.97 Å². The maximum atomic E-state index is 13.0. The molecule has 1 N–H and O–H groups in total. The van der Waals surface area contributed by atoms with Gasteiger partial charge in [0.25, 0.3) is 5.91 Å². The summed E-state index contributed by atoms with van der Waals surface area (Å²) in [6.45, 7) is 10.6. The summed E-state index contributed by atoms with van der Waals surface area (Å²) in [5.74, 6) is 0.232. The molecule has 1 aliphatic heterocycles. The highest BCUT2D eigenvalue weighted by molar-refractivity contribution is 5.95. The Morgan fingerprint density at radius 2 is 2.16 bits per heavy atom. The second kappa shape index (κ2) is 7.40. The van der Waals surface area contributed by atoms with Crippen LogP contribution in [-0.2, 0) is 11.3 Å². The Kier molecular flexibility index (Phi) is 5.23. The van der Waals surface area contributed by atoms with Gasteiger partial charge >= 0.3 is 0 Å². The molecule has 1 fully saturated rings. The zero-order valence-corrected chi connectivity index (χ0v) is 15.6. The Labute approximate surface area is 150 Å². The van der Waals surface area contributed by atoms with E-state index < -0.39 is 0 Å². The molecule has 0 radical (unpaired) electrons. The van der Waals surface area contributed by atoms with Crippen LogP contribution in [0.2, 0.25) is 0 Å². The third kappa shape index (κ3) is 3.76. The molecule has 0 bridgehead atoms. The average molecular weight is 341 g/mol. The second-order valence-electron chi connectivity index (χ2n) is 7.30. The number of hydrogen-bond acceptors (Lipinski definition) is 2. The van der Waals surface area contributed by atoms with E-state index in [1.807, 2.05) is 17.2 Å². The lowest BCUT2D eigenvalue weighted by atomic mass is 10.1. The van der Waals surface area contributed by atoms with Crippen LogP contribution >= 0.6 is 0 Å². The van der Waals surface area contributed by atoms with E-state index in [9.17, 15) is 4.79 Å². The molecular formula is C20H29N4O+. The molecule has 2 heterocycles. The first-order valence-electron chi connectivity index (χ1n) is 9.23. The molecule has 1 aromatic carbocycles. The minimum atomic E-state index is 0.232. The van der Waals surface area contributed by atoms with E-state index in [0.29, 0.717) is 6.54 Å². The lowest BCUT2D eigenvalue weighted by Crippen LogP contribution is -2.62. The number of aromatic nitrogens is 2. The number of amides is 1. The highest BCUT2D eigenvalue weighted by Crippen LogP contribution is 2.27. The minimum absolute atomic E-state index is 0.232. The number of rotatable bonds is 6. The van der Waals surface area contributed by atoms with Crippen LogP contribution in [-0.4, -0.2) is 46.5 Å². The van der Waals surface area contributed by atoms with Gasteiger partial charge in [-0.1, -0.05) is 25.5 Å². The molecule has 1 amide bonds. The molecule has 5 heteroatoms. The number of quaternary nitrogens is 1. The summed E-state index contributed by atoms with van der Waals surface area (Å²) in [6, 6.07) is 6.22. The van der Waals surface area contributed by atoms with Gasteiger partial charge in [-0.3, -0.25) is 4.79 Å². The van der Waals surface area contributed by atoms with Crippen LogP contribution < -0.4 is 4.90 Å². The van der Waals surface area contributed by atoms with Gasteiger partial charge in [0, 0.05) is 5.69 Å². The number of hydrogen-bond donors (Lipinski definition) is 1. The van der Waals surface area contributed by atoms with Crippen LogP contribution in [0.5, 0.6) is 0 Å². The number of nitrogens with zero attached hydrogens (tertiary/aromatic N) is 3. The molecule has 1 atom stereocenters. The summed E-state index contributed by atoms with van der Waals surface area (Å²) in [5, 5.41) is 0. The van der Waals surface area contributed by atoms with Crippen LogP contribution in [0.3, 0.4) is 0 Å². The van der Waals surface area contributed by atoms with Crippen LogP contribution in [0.1, 0.15) is 36.6 Å². The Morgan fingerprint density at radius 1 is 1.32 bits per heavy atom. The number of piperazine rings is 1. The van der Waals surface area contributed by atoms with Crippen molar-refractivity contribution >= 4 is 11.6 Å². The van der Waals surface area contributed by atoms with E-state index in [4.69, 9.17) is 0 Å². The Balaban J connectivity index is 1.81. The number of benzene rings is 1. The van der Waals surface area contributed by atoms with Crippen molar-refractivity contribution in [2.75, 3.05) is 31.1 Å². The molecule has 134 valence electrons. The van der Waals surface area contributed by atoms with E-state index in [0.717, 1.165) is 54.9 Å². The molecule has 1 aromatic heterocycles. The fourth-order valence-electron chi connectivity index (χ4n) is 3.80. The monoisotopic (exact) mass is 341 g/mol. The van der Waals surface area contributed by atoms with E-state index in [2.05, 4.69) is 42.9 Å². The molecule has 1 aliphatic rings. The molecule has 3 rings (SSSR count). The van der Waals surface area contributed by atoms with Crippen molar-refractivity contribution in [1.29, 1.82) is 0 Å². The normalized spacial score (nSPS) is 20.9. The third-order valence-electron chi connectivity index (χ3n) is 5.48. The smallest absolute Gasteiger partial charge is 0.282 e. The summed E-state index contributed by atoms with van der Waals surface area (Å²) in [6.07, 6.45) is 5.90. The lowest BCUT2D eigenvalue weighted by Gasteiger charge is -2.44. The molecule has 1 saturated heterocycles. The van der Waals surface area contributed by atoms with Crippen LogP contribution in [0.15, 0.2) is 30.7 Å². The van der Waals surface area contributed by atoms with Gasteiger partial charge in [0.1, 0.15) is 6.54 Å². The predicted octanol–water partition coefficient (Wildman–Crippen LogP) is 3.19. The predicted molar refractivity (Wildman–Crippen MR) is 100 cm³/mol. The zero-order chi connectivity index (χ0) is 17.9. The van der Waals surface area contributed by atoms with Crippen molar-refractivity contribution in [2.24, 2.45) is 0 Å². The molecule has 2 aromatic rings. The van der Waals surface area contributed by atoms with Gasteiger partial charge in [0.2, 0.25) is 0 Å². The summed E-state index contributed by atoms with van der Waals surface area (Å²) >= 11 is 0. The number of aromatic amines is 1. The van der Waals surface area contributed by atoms with Gasteiger partial charge in [-0.15, -0.1) is 0 Å². The number of nitrogens with one attached hydrogen (secondary N) is 1. The van der Waals surface area contributed by atoms with E-state index >= 15 is 0 Å². The Bertz CT molecular complexity index is 725. The largest absolute Gasteiger partial charge is 0.344 e. The highest BCUT2D eigenvalue weighted by Gasteiger charge is 2.38. The first-order chi connectivity index (χ1) is 12.0. The van der Waals surface area contributed by atoms with Crippen molar-refractivity contribution in [3.63, 3.8) is 0 Å². The standard InChI is InChI=1S/C20H29N4O/c1-4-5-10-24(13-18-12-21-15-22-18)11-9-23(20(25)14-24)19-8-6-7-16(2)17(19)3/h6-8,12,15H,4-5,9-11,13-14H2,1-3H3,(H,21,22)/q+1/t24-/m1/s1. The fraction of sp³-hybridized carbons (Fsp3) is 0.500. The topological polar surface area (TPSA) is 49.0 Å². The maximum Gasteiger partial charge on any atom is 0.282 e. The van der Waals surface area contributed by atoms with E-state index in [-0.39, 0.29) is 5.91 Å². The average Bonchev–Trinajstić information content (AvgIpc) is 3.09. The number of anilines is 1.